The number of carbonyl (C=O) groups is 3. The Morgan fingerprint density at radius 1 is 0.970 bits per heavy atom. The van der Waals surface area contributed by atoms with Crippen molar-refractivity contribution in [3.05, 3.63) is 95.6 Å². The molecule has 0 bridgehead atoms. The monoisotopic (exact) mass is 442 g/mol. The molecule has 1 fully saturated rings. The summed E-state index contributed by atoms with van der Waals surface area (Å²) in [6.07, 6.45) is 0. The highest BCUT2D eigenvalue weighted by atomic mass is 16.5. The Morgan fingerprint density at radius 3 is 2.39 bits per heavy atom. The first-order valence-electron chi connectivity index (χ1n) is 10.3. The third-order valence-corrected chi connectivity index (χ3v) is 5.35. The second-order valence-electron chi connectivity index (χ2n) is 7.54. The van der Waals surface area contributed by atoms with Gasteiger partial charge in [0.25, 0.3) is 11.7 Å². The van der Waals surface area contributed by atoms with E-state index in [0.29, 0.717) is 28.3 Å². The summed E-state index contributed by atoms with van der Waals surface area (Å²) in [6.45, 7) is 1.38. The Labute approximate surface area is 190 Å². The molecule has 0 aliphatic carbocycles. The van der Waals surface area contributed by atoms with Gasteiger partial charge in [-0.25, -0.2) is 0 Å². The molecule has 1 heterocycles. The van der Waals surface area contributed by atoms with E-state index in [2.05, 4.69) is 5.32 Å². The lowest BCUT2D eigenvalue weighted by atomic mass is 9.95. The molecule has 1 atom stereocenters. The summed E-state index contributed by atoms with van der Waals surface area (Å²) in [5, 5.41) is 13.8. The summed E-state index contributed by atoms with van der Waals surface area (Å²) < 4.78 is 5.34. The fourth-order valence-electron chi connectivity index (χ4n) is 3.91. The minimum atomic E-state index is -0.895. The topological polar surface area (TPSA) is 95.9 Å². The SMILES string of the molecule is COc1cccc(C2/C(=C(\O)c3ccccc3)C(=O)C(=O)N2c2cccc(NC(C)=O)c2)c1. The van der Waals surface area contributed by atoms with Crippen LogP contribution in [-0.2, 0) is 14.4 Å². The molecule has 2 N–H and O–H groups in total. The lowest BCUT2D eigenvalue weighted by Crippen LogP contribution is -2.29. The average molecular weight is 442 g/mol. The number of rotatable bonds is 5. The van der Waals surface area contributed by atoms with Gasteiger partial charge in [0.05, 0.1) is 18.7 Å². The predicted molar refractivity (Wildman–Crippen MR) is 125 cm³/mol. The van der Waals surface area contributed by atoms with Gasteiger partial charge in [0.2, 0.25) is 5.91 Å². The van der Waals surface area contributed by atoms with Gasteiger partial charge in [-0.15, -0.1) is 0 Å². The molecule has 1 unspecified atom stereocenters. The fourth-order valence-corrected chi connectivity index (χ4v) is 3.91. The molecule has 0 radical (unpaired) electrons. The smallest absolute Gasteiger partial charge is 0.300 e. The molecule has 0 spiro atoms. The lowest BCUT2D eigenvalue weighted by Gasteiger charge is -2.26. The zero-order valence-electron chi connectivity index (χ0n) is 18.1. The molecule has 1 saturated heterocycles. The van der Waals surface area contributed by atoms with Gasteiger partial charge in [0.1, 0.15) is 11.5 Å². The lowest BCUT2D eigenvalue weighted by molar-refractivity contribution is -0.132. The Balaban J connectivity index is 1.93. The molecule has 1 aliphatic rings. The van der Waals surface area contributed by atoms with E-state index in [9.17, 15) is 19.5 Å². The van der Waals surface area contributed by atoms with Gasteiger partial charge >= 0.3 is 0 Å². The van der Waals surface area contributed by atoms with E-state index in [1.165, 1.54) is 18.9 Å². The fraction of sp³-hybridized carbons (Fsp3) is 0.115. The number of nitrogens with zero attached hydrogens (tertiary/aromatic N) is 1. The van der Waals surface area contributed by atoms with Crippen LogP contribution in [0.4, 0.5) is 11.4 Å². The van der Waals surface area contributed by atoms with Crippen LogP contribution in [0.15, 0.2) is 84.4 Å². The van der Waals surface area contributed by atoms with Crippen molar-refractivity contribution in [1.29, 1.82) is 0 Å². The highest BCUT2D eigenvalue weighted by Crippen LogP contribution is 2.43. The molecule has 1 aliphatic heterocycles. The van der Waals surface area contributed by atoms with Crippen LogP contribution >= 0.6 is 0 Å². The minimum Gasteiger partial charge on any atom is -0.507 e. The molecule has 2 amide bonds. The average Bonchev–Trinajstić information content (AvgIpc) is 3.09. The van der Waals surface area contributed by atoms with Crippen LogP contribution in [0, 0.1) is 0 Å². The first-order valence-corrected chi connectivity index (χ1v) is 10.3. The van der Waals surface area contributed by atoms with Gasteiger partial charge in [-0.05, 0) is 35.9 Å². The van der Waals surface area contributed by atoms with Crippen molar-refractivity contribution in [1.82, 2.24) is 0 Å². The number of anilines is 2. The van der Waals surface area contributed by atoms with Gasteiger partial charge in [-0.2, -0.15) is 0 Å². The number of hydrogen-bond donors (Lipinski definition) is 2. The first-order chi connectivity index (χ1) is 15.9. The van der Waals surface area contributed by atoms with Crippen molar-refractivity contribution in [2.75, 3.05) is 17.3 Å². The summed E-state index contributed by atoms with van der Waals surface area (Å²) in [4.78, 5) is 39.3. The van der Waals surface area contributed by atoms with Crippen LogP contribution in [0.25, 0.3) is 5.76 Å². The zero-order valence-corrected chi connectivity index (χ0v) is 18.1. The molecule has 4 rings (SSSR count). The second kappa shape index (κ2) is 9.00. The van der Waals surface area contributed by atoms with E-state index in [-0.39, 0.29) is 17.2 Å². The normalized spacial score (nSPS) is 17.2. The van der Waals surface area contributed by atoms with Crippen molar-refractivity contribution in [2.45, 2.75) is 13.0 Å². The Kier molecular flexibility index (Phi) is 5.95. The standard InChI is InChI=1S/C26H22N2O5/c1-16(29)27-19-11-7-12-20(15-19)28-23(18-10-6-13-21(14-18)33-2)22(25(31)26(28)32)24(30)17-8-4-3-5-9-17/h3-15,23,30H,1-2H3,(H,27,29)/b24-22+. The van der Waals surface area contributed by atoms with Crippen LogP contribution < -0.4 is 15.0 Å². The molecular formula is C26H22N2O5. The van der Waals surface area contributed by atoms with Crippen LogP contribution in [0.2, 0.25) is 0 Å². The number of hydrogen-bond acceptors (Lipinski definition) is 5. The maximum Gasteiger partial charge on any atom is 0.300 e. The third-order valence-electron chi connectivity index (χ3n) is 5.35. The molecule has 0 aromatic heterocycles. The van der Waals surface area contributed by atoms with Crippen molar-refractivity contribution in [2.24, 2.45) is 0 Å². The molecule has 3 aromatic rings. The van der Waals surface area contributed by atoms with Crippen LogP contribution in [0.5, 0.6) is 5.75 Å². The Hall–Kier alpha value is -4.39. The number of benzene rings is 3. The Bertz CT molecular complexity index is 1270. The highest BCUT2D eigenvalue weighted by molar-refractivity contribution is 6.51. The van der Waals surface area contributed by atoms with Gasteiger partial charge in [0.15, 0.2) is 0 Å². The van der Waals surface area contributed by atoms with Crippen LogP contribution in [0.1, 0.15) is 24.1 Å². The third kappa shape index (κ3) is 4.21. The number of amides is 2. The van der Waals surface area contributed by atoms with Crippen LogP contribution in [-0.4, -0.2) is 29.8 Å². The summed E-state index contributed by atoms with van der Waals surface area (Å²) in [5.41, 5.74) is 1.88. The summed E-state index contributed by atoms with van der Waals surface area (Å²) >= 11 is 0. The van der Waals surface area contributed by atoms with Gasteiger partial charge < -0.3 is 15.2 Å². The minimum absolute atomic E-state index is 0.0237. The maximum atomic E-state index is 13.2. The van der Waals surface area contributed by atoms with Gasteiger partial charge in [-0.1, -0.05) is 48.5 Å². The number of Topliss-reactive ketones (excluding diaryl/α,β-unsaturated/α-hetero) is 1. The molecule has 0 saturated carbocycles. The van der Waals surface area contributed by atoms with Crippen molar-refractivity contribution < 1.29 is 24.2 Å². The van der Waals surface area contributed by atoms with E-state index in [1.54, 1.807) is 78.9 Å². The van der Waals surface area contributed by atoms with Gasteiger partial charge in [-0.3, -0.25) is 19.3 Å². The number of ketones is 1. The number of aliphatic hydroxyl groups is 1. The molecule has 3 aromatic carbocycles. The summed E-state index contributed by atoms with van der Waals surface area (Å²) in [7, 11) is 1.52. The quantitative estimate of drug-likeness (QED) is 0.349. The second-order valence-corrected chi connectivity index (χ2v) is 7.54. The number of methoxy groups -OCH3 is 1. The number of aliphatic hydroxyl groups excluding tert-OH is 1. The van der Waals surface area contributed by atoms with Crippen LogP contribution in [0.3, 0.4) is 0 Å². The molecule has 7 nitrogen and oxygen atoms in total. The molecule has 33 heavy (non-hydrogen) atoms. The molecule has 166 valence electrons. The van der Waals surface area contributed by atoms with Crippen molar-refractivity contribution in [3.8, 4) is 5.75 Å². The summed E-state index contributed by atoms with van der Waals surface area (Å²) in [5.74, 6) is -1.55. The molecule has 7 heteroatoms. The number of ether oxygens (including phenoxy) is 1. The van der Waals surface area contributed by atoms with E-state index in [4.69, 9.17) is 4.74 Å². The van der Waals surface area contributed by atoms with Crippen molar-refractivity contribution >= 4 is 34.7 Å². The predicted octanol–water partition coefficient (Wildman–Crippen LogP) is 4.28. The molecular weight excluding hydrogens is 420 g/mol. The zero-order chi connectivity index (χ0) is 23.5. The number of nitrogens with one attached hydrogen (secondary N) is 1. The maximum absolute atomic E-state index is 13.2. The van der Waals surface area contributed by atoms with E-state index in [1.807, 2.05) is 0 Å². The van der Waals surface area contributed by atoms with E-state index >= 15 is 0 Å². The largest absolute Gasteiger partial charge is 0.507 e. The number of carbonyl (C=O) groups excluding carboxylic acids is 3. The Morgan fingerprint density at radius 2 is 1.70 bits per heavy atom. The van der Waals surface area contributed by atoms with Gasteiger partial charge in [0, 0.05) is 23.9 Å². The van der Waals surface area contributed by atoms with E-state index < -0.39 is 17.7 Å². The first kappa shape index (κ1) is 21.8. The van der Waals surface area contributed by atoms with Crippen molar-refractivity contribution in [3.63, 3.8) is 0 Å². The summed E-state index contributed by atoms with van der Waals surface area (Å²) in [6, 6.07) is 21.4. The highest BCUT2D eigenvalue weighted by Gasteiger charge is 2.47. The van der Waals surface area contributed by atoms with E-state index in [0.717, 1.165) is 0 Å².